The Morgan fingerprint density at radius 3 is 2.14 bits per heavy atom. The molecule has 6 heteroatoms. The second-order valence-electron chi connectivity index (χ2n) is 10.8. The van der Waals surface area contributed by atoms with Crippen molar-refractivity contribution in [1.82, 2.24) is 5.06 Å². The predicted molar refractivity (Wildman–Crippen MR) is 118 cm³/mol. The van der Waals surface area contributed by atoms with E-state index in [2.05, 4.69) is 41.5 Å². The number of methoxy groups -OCH3 is 1. The molecule has 5 nitrogen and oxygen atoms in total. The van der Waals surface area contributed by atoms with E-state index in [0.29, 0.717) is 52.1 Å². The molecule has 0 aliphatic heterocycles. The van der Waals surface area contributed by atoms with Gasteiger partial charge in [0.15, 0.2) is 8.32 Å². The Bertz CT molecular complexity index is 588. The number of amides is 1. The first-order valence-corrected chi connectivity index (χ1v) is 13.7. The number of hydrogen-bond acceptors (Lipinski definition) is 4. The lowest BCUT2D eigenvalue weighted by Crippen LogP contribution is -2.49. The second kappa shape index (κ2) is 8.25. The second-order valence-corrected chi connectivity index (χ2v) is 16.3. The van der Waals surface area contributed by atoms with Gasteiger partial charge in [-0.25, -0.2) is 5.06 Å². The Hall–Kier alpha value is -0.433. The Kier molecular flexibility index (Phi) is 6.61. The van der Waals surface area contributed by atoms with Crippen molar-refractivity contribution in [2.45, 2.75) is 83.5 Å². The SMILES string of the molecule is CO[C@@H]1[C@H]2[C@H](CC(=O)N(C)OC)C[C@@H]1[C@]1(CO[Si](C(C)C)(C(C)C)C(C)C)C[C@H]21. The number of hydroxylamine groups is 2. The number of rotatable bonds is 10. The zero-order valence-electron chi connectivity index (χ0n) is 20.0. The van der Waals surface area contributed by atoms with E-state index in [9.17, 15) is 4.79 Å². The minimum Gasteiger partial charge on any atom is -0.415 e. The Balaban J connectivity index is 1.72. The van der Waals surface area contributed by atoms with Gasteiger partial charge in [0.1, 0.15) is 0 Å². The fraction of sp³-hybridized carbons (Fsp3) is 0.957. The molecule has 0 aromatic carbocycles. The van der Waals surface area contributed by atoms with Crippen molar-refractivity contribution >= 4 is 14.2 Å². The summed E-state index contributed by atoms with van der Waals surface area (Å²) in [5, 5.41) is 1.37. The van der Waals surface area contributed by atoms with Crippen molar-refractivity contribution in [3.8, 4) is 0 Å². The Morgan fingerprint density at radius 2 is 1.66 bits per heavy atom. The third kappa shape index (κ3) is 3.52. The molecule has 0 aromatic heterocycles. The zero-order chi connectivity index (χ0) is 21.7. The van der Waals surface area contributed by atoms with E-state index in [1.54, 1.807) is 14.2 Å². The first kappa shape index (κ1) is 23.2. The number of hydrogen-bond donors (Lipinski definition) is 0. The van der Waals surface area contributed by atoms with Crippen LogP contribution in [0.4, 0.5) is 0 Å². The lowest BCUT2D eigenvalue weighted by atomic mass is 9.80. The van der Waals surface area contributed by atoms with Gasteiger partial charge in [0.05, 0.1) is 13.2 Å². The van der Waals surface area contributed by atoms with Crippen molar-refractivity contribution in [3.05, 3.63) is 0 Å². The quantitative estimate of drug-likeness (QED) is 0.370. The van der Waals surface area contributed by atoms with Gasteiger partial charge in [0, 0.05) is 32.6 Å². The van der Waals surface area contributed by atoms with Crippen LogP contribution in [0.5, 0.6) is 0 Å². The van der Waals surface area contributed by atoms with Gasteiger partial charge >= 0.3 is 0 Å². The summed E-state index contributed by atoms with van der Waals surface area (Å²) in [6, 6.07) is 0. The van der Waals surface area contributed by atoms with Crippen molar-refractivity contribution in [2.75, 3.05) is 27.9 Å². The highest BCUT2D eigenvalue weighted by Crippen LogP contribution is 2.77. The van der Waals surface area contributed by atoms with Gasteiger partial charge in [-0.05, 0) is 53.1 Å². The van der Waals surface area contributed by atoms with Crippen LogP contribution in [-0.2, 0) is 18.8 Å². The van der Waals surface area contributed by atoms with Crippen LogP contribution in [0.25, 0.3) is 0 Å². The number of carbonyl (C=O) groups is 1. The van der Waals surface area contributed by atoms with Crippen molar-refractivity contribution in [2.24, 2.45) is 29.1 Å². The maximum Gasteiger partial charge on any atom is 0.246 e. The molecule has 0 radical (unpaired) electrons. The van der Waals surface area contributed by atoms with E-state index in [1.165, 1.54) is 11.5 Å². The fourth-order valence-electron chi connectivity index (χ4n) is 7.60. The minimum absolute atomic E-state index is 0.0771. The molecule has 3 fully saturated rings. The van der Waals surface area contributed by atoms with Crippen molar-refractivity contribution in [1.29, 1.82) is 0 Å². The maximum absolute atomic E-state index is 12.4. The van der Waals surface area contributed by atoms with Crippen LogP contribution in [-0.4, -0.2) is 53.3 Å². The monoisotopic (exact) mass is 425 g/mol. The maximum atomic E-state index is 12.4. The van der Waals surface area contributed by atoms with E-state index in [4.69, 9.17) is 14.0 Å². The summed E-state index contributed by atoms with van der Waals surface area (Å²) in [5.74, 6) is 2.18. The number of fused-ring (bicyclic) bond motifs is 5. The topological polar surface area (TPSA) is 48.0 Å². The van der Waals surface area contributed by atoms with Gasteiger partial charge in [-0.3, -0.25) is 9.63 Å². The predicted octanol–water partition coefficient (Wildman–Crippen LogP) is 4.88. The van der Waals surface area contributed by atoms with E-state index in [-0.39, 0.29) is 12.0 Å². The fourth-order valence-corrected chi connectivity index (χ4v) is 13.1. The largest absolute Gasteiger partial charge is 0.415 e. The summed E-state index contributed by atoms with van der Waals surface area (Å²) >= 11 is 0. The van der Waals surface area contributed by atoms with E-state index < -0.39 is 8.32 Å². The van der Waals surface area contributed by atoms with Crippen LogP contribution in [0, 0.1) is 29.1 Å². The summed E-state index contributed by atoms with van der Waals surface area (Å²) in [4.78, 5) is 17.5. The third-order valence-electron chi connectivity index (χ3n) is 8.89. The van der Waals surface area contributed by atoms with Crippen LogP contribution in [0.3, 0.4) is 0 Å². The van der Waals surface area contributed by atoms with Gasteiger partial charge in [-0.1, -0.05) is 41.5 Å². The molecule has 3 aliphatic rings. The van der Waals surface area contributed by atoms with Crippen LogP contribution in [0.15, 0.2) is 0 Å². The van der Waals surface area contributed by atoms with Crippen molar-refractivity contribution < 1.29 is 18.8 Å². The molecule has 0 saturated heterocycles. The molecule has 29 heavy (non-hydrogen) atoms. The average Bonchev–Trinajstić information content (AvgIpc) is 3.21. The molecule has 2 bridgehead atoms. The molecule has 6 atom stereocenters. The van der Waals surface area contributed by atoms with Gasteiger partial charge in [-0.15, -0.1) is 0 Å². The van der Waals surface area contributed by atoms with E-state index in [0.717, 1.165) is 13.0 Å². The number of nitrogens with zero attached hydrogens (tertiary/aromatic N) is 1. The minimum atomic E-state index is -1.86. The van der Waals surface area contributed by atoms with Crippen LogP contribution in [0.1, 0.15) is 60.8 Å². The van der Waals surface area contributed by atoms with Gasteiger partial charge in [0.25, 0.3) is 0 Å². The molecule has 0 spiro atoms. The smallest absolute Gasteiger partial charge is 0.246 e. The first-order chi connectivity index (χ1) is 13.6. The molecule has 0 unspecified atom stereocenters. The molecule has 3 saturated carbocycles. The molecule has 0 heterocycles. The van der Waals surface area contributed by atoms with Gasteiger partial charge in [0.2, 0.25) is 5.91 Å². The molecule has 3 rings (SSSR count). The van der Waals surface area contributed by atoms with Crippen LogP contribution < -0.4 is 0 Å². The zero-order valence-corrected chi connectivity index (χ0v) is 21.0. The molecule has 1 amide bonds. The summed E-state index contributed by atoms with van der Waals surface area (Å²) in [7, 11) is 3.25. The highest BCUT2D eigenvalue weighted by molar-refractivity contribution is 6.77. The lowest BCUT2D eigenvalue weighted by Gasteiger charge is -2.44. The standard InChI is InChI=1S/C23H43NO4Si/c1-14(2)29(15(3)4,16(5)6)28-13-23-12-19(23)21-17(10-18(23)22(21)26-8)11-20(25)24(7)27-9/h14-19,21-22H,10-13H2,1-9H3/t17-,18-,19+,21-,22-,23+/m0/s1. The number of carbonyl (C=O) groups excluding carboxylic acids is 1. The summed E-state index contributed by atoms with van der Waals surface area (Å²) in [6.07, 6.45) is 3.20. The van der Waals surface area contributed by atoms with E-state index >= 15 is 0 Å². The first-order valence-electron chi connectivity index (χ1n) is 11.5. The summed E-state index contributed by atoms with van der Waals surface area (Å²) in [6.45, 7) is 15.1. The summed E-state index contributed by atoms with van der Waals surface area (Å²) < 4.78 is 13.0. The summed E-state index contributed by atoms with van der Waals surface area (Å²) in [5.41, 5.74) is 2.14. The Morgan fingerprint density at radius 1 is 1.07 bits per heavy atom. The van der Waals surface area contributed by atoms with Crippen LogP contribution >= 0.6 is 0 Å². The molecule has 3 aliphatic carbocycles. The number of ether oxygens (including phenoxy) is 1. The molecular formula is C23H43NO4Si. The van der Waals surface area contributed by atoms with Crippen LogP contribution in [0.2, 0.25) is 16.6 Å². The highest BCUT2D eigenvalue weighted by atomic mass is 28.4. The Labute approximate surface area is 178 Å². The van der Waals surface area contributed by atoms with Gasteiger partial charge in [-0.2, -0.15) is 0 Å². The lowest BCUT2D eigenvalue weighted by molar-refractivity contribution is -0.170. The average molecular weight is 426 g/mol. The molecule has 0 aromatic rings. The van der Waals surface area contributed by atoms with Crippen molar-refractivity contribution in [3.63, 3.8) is 0 Å². The third-order valence-corrected chi connectivity index (χ3v) is 14.9. The molecular weight excluding hydrogens is 382 g/mol. The van der Waals surface area contributed by atoms with Gasteiger partial charge < -0.3 is 9.16 Å². The van der Waals surface area contributed by atoms with E-state index in [1.807, 2.05) is 7.11 Å². The normalized spacial score (nSPS) is 35.7. The molecule has 168 valence electrons. The highest BCUT2D eigenvalue weighted by Gasteiger charge is 2.76. The molecule has 0 N–H and O–H groups in total.